The smallest absolute Gasteiger partial charge is 0.145 e. The standard InChI is InChI=1S/C38H35N3/c1-24(2)29-14-11-15-30(25(3)4)37(29)41-36-17-10-9-16-33(36)39-38(41)27-19-21-35-32(23-27)31-22-26(5)18-20-34(31)40(35)28-12-7-6-8-13-28/h6-25H,1-5H3. The van der Waals surface area contributed by atoms with E-state index in [1.165, 1.54) is 49.9 Å². The van der Waals surface area contributed by atoms with Gasteiger partial charge in [-0.2, -0.15) is 0 Å². The first-order chi connectivity index (χ1) is 19.9. The molecule has 0 aliphatic carbocycles. The van der Waals surface area contributed by atoms with E-state index in [2.05, 4.69) is 153 Å². The topological polar surface area (TPSA) is 22.8 Å². The lowest BCUT2D eigenvalue weighted by atomic mass is 9.92. The number of imidazole rings is 1. The zero-order valence-electron chi connectivity index (χ0n) is 24.4. The lowest BCUT2D eigenvalue weighted by molar-refractivity contribution is 0.811. The van der Waals surface area contributed by atoms with E-state index in [0.717, 1.165) is 22.4 Å². The second-order valence-corrected chi connectivity index (χ2v) is 11.8. The minimum atomic E-state index is 0.381. The van der Waals surface area contributed by atoms with Crippen LogP contribution in [0.5, 0.6) is 0 Å². The van der Waals surface area contributed by atoms with Crippen LogP contribution in [0.4, 0.5) is 0 Å². The van der Waals surface area contributed by atoms with Crippen molar-refractivity contribution in [2.24, 2.45) is 0 Å². The molecule has 0 unspecified atom stereocenters. The summed E-state index contributed by atoms with van der Waals surface area (Å²) in [5, 5.41) is 2.50. The molecule has 202 valence electrons. The quantitative estimate of drug-likeness (QED) is 0.216. The molecule has 0 saturated carbocycles. The number of nitrogens with zero attached hydrogens (tertiary/aromatic N) is 3. The molecule has 3 heteroatoms. The lowest BCUT2D eigenvalue weighted by Gasteiger charge is -2.22. The summed E-state index contributed by atoms with van der Waals surface area (Å²) < 4.78 is 4.80. The van der Waals surface area contributed by atoms with Crippen molar-refractivity contribution in [3.63, 3.8) is 0 Å². The number of fused-ring (bicyclic) bond motifs is 4. The summed E-state index contributed by atoms with van der Waals surface area (Å²) in [4.78, 5) is 5.29. The summed E-state index contributed by atoms with van der Waals surface area (Å²) in [6.45, 7) is 11.3. The van der Waals surface area contributed by atoms with Crippen LogP contribution in [0.2, 0.25) is 0 Å². The highest BCUT2D eigenvalue weighted by Gasteiger charge is 2.23. The maximum atomic E-state index is 5.29. The number of aryl methyl sites for hydroxylation is 1. The fourth-order valence-electron chi connectivity index (χ4n) is 6.35. The molecule has 2 heterocycles. The first kappa shape index (κ1) is 25.3. The van der Waals surface area contributed by atoms with Crippen LogP contribution in [0, 0.1) is 6.92 Å². The van der Waals surface area contributed by atoms with Crippen LogP contribution in [0.1, 0.15) is 56.2 Å². The van der Waals surface area contributed by atoms with E-state index in [4.69, 9.17) is 4.98 Å². The van der Waals surface area contributed by atoms with Crippen molar-refractivity contribution >= 4 is 32.8 Å². The second-order valence-electron chi connectivity index (χ2n) is 11.8. The largest absolute Gasteiger partial charge is 0.309 e. The van der Waals surface area contributed by atoms with Gasteiger partial charge < -0.3 is 4.57 Å². The van der Waals surface area contributed by atoms with Crippen LogP contribution in [-0.4, -0.2) is 14.1 Å². The zero-order valence-corrected chi connectivity index (χ0v) is 24.4. The maximum absolute atomic E-state index is 5.29. The Bertz CT molecular complexity index is 2030. The van der Waals surface area contributed by atoms with Gasteiger partial charge in [0.25, 0.3) is 0 Å². The molecule has 41 heavy (non-hydrogen) atoms. The molecule has 5 aromatic carbocycles. The van der Waals surface area contributed by atoms with Crippen molar-refractivity contribution in [3.8, 4) is 22.8 Å². The summed E-state index contributed by atoms with van der Waals surface area (Å²) in [5.74, 6) is 1.75. The highest BCUT2D eigenvalue weighted by Crippen LogP contribution is 2.39. The van der Waals surface area contributed by atoms with Gasteiger partial charge in [0.2, 0.25) is 0 Å². The zero-order chi connectivity index (χ0) is 28.2. The van der Waals surface area contributed by atoms with Crippen LogP contribution >= 0.6 is 0 Å². The third kappa shape index (κ3) is 4.07. The van der Waals surface area contributed by atoms with Gasteiger partial charge in [0.05, 0.1) is 27.8 Å². The molecule has 0 radical (unpaired) electrons. The third-order valence-electron chi connectivity index (χ3n) is 8.32. The molecule has 3 nitrogen and oxygen atoms in total. The lowest BCUT2D eigenvalue weighted by Crippen LogP contribution is -2.08. The van der Waals surface area contributed by atoms with Crippen LogP contribution in [0.25, 0.3) is 55.6 Å². The van der Waals surface area contributed by atoms with Crippen LogP contribution in [0.15, 0.2) is 109 Å². The van der Waals surface area contributed by atoms with Gasteiger partial charge in [-0.25, -0.2) is 4.98 Å². The number of hydrogen-bond donors (Lipinski definition) is 0. The van der Waals surface area contributed by atoms with E-state index in [1.54, 1.807) is 0 Å². The molecule has 0 fully saturated rings. The average molecular weight is 534 g/mol. The van der Waals surface area contributed by atoms with Gasteiger partial charge in [0.15, 0.2) is 0 Å². The van der Waals surface area contributed by atoms with Gasteiger partial charge in [-0.1, -0.05) is 87.9 Å². The Morgan fingerprint density at radius 3 is 1.90 bits per heavy atom. The molecule has 0 saturated heterocycles. The number of rotatable bonds is 5. The number of benzene rings is 5. The molecule has 7 aromatic rings. The first-order valence-corrected chi connectivity index (χ1v) is 14.6. The summed E-state index contributed by atoms with van der Waals surface area (Å²) in [7, 11) is 0. The van der Waals surface area contributed by atoms with E-state index in [-0.39, 0.29) is 0 Å². The monoisotopic (exact) mass is 533 g/mol. The predicted octanol–water partition coefficient (Wildman–Crippen LogP) is 10.3. The highest BCUT2D eigenvalue weighted by atomic mass is 15.1. The molecule has 0 aliphatic rings. The SMILES string of the molecule is Cc1ccc2c(c1)c1cc(-c3nc4ccccc4n3-c3c(C(C)C)cccc3C(C)C)ccc1n2-c1ccccc1. The Morgan fingerprint density at radius 2 is 1.20 bits per heavy atom. The van der Waals surface area contributed by atoms with Crippen molar-refractivity contribution in [3.05, 3.63) is 126 Å². The molecule has 0 atom stereocenters. The highest BCUT2D eigenvalue weighted by molar-refractivity contribution is 6.10. The van der Waals surface area contributed by atoms with Gasteiger partial charge >= 0.3 is 0 Å². The molecule has 0 aliphatic heterocycles. The van der Waals surface area contributed by atoms with Gasteiger partial charge in [0.1, 0.15) is 5.82 Å². The third-order valence-corrected chi connectivity index (χ3v) is 8.32. The second kappa shape index (κ2) is 9.78. The van der Waals surface area contributed by atoms with E-state index in [9.17, 15) is 0 Å². The van der Waals surface area contributed by atoms with E-state index in [0.29, 0.717) is 11.8 Å². The Balaban J connectivity index is 1.57. The minimum Gasteiger partial charge on any atom is -0.309 e. The van der Waals surface area contributed by atoms with Gasteiger partial charge in [-0.15, -0.1) is 0 Å². The average Bonchev–Trinajstić information content (AvgIpc) is 3.52. The minimum absolute atomic E-state index is 0.381. The molecular formula is C38H35N3. The fraction of sp³-hybridized carbons (Fsp3) is 0.184. The van der Waals surface area contributed by atoms with Crippen LogP contribution in [-0.2, 0) is 0 Å². The van der Waals surface area contributed by atoms with Crippen LogP contribution < -0.4 is 0 Å². The summed E-state index contributed by atoms with van der Waals surface area (Å²) in [5.41, 5.74) is 12.1. The Kier molecular flexibility index (Phi) is 6.04. The molecule has 0 N–H and O–H groups in total. The normalized spacial score (nSPS) is 12.0. The number of para-hydroxylation sites is 4. The van der Waals surface area contributed by atoms with E-state index < -0.39 is 0 Å². The Labute approximate surface area is 241 Å². The molecule has 0 spiro atoms. The molecule has 0 bridgehead atoms. The number of aromatic nitrogens is 3. The van der Waals surface area contributed by atoms with Gasteiger partial charge in [0, 0.05) is 22.0 Å². The predicted molar refractivity (Wildman–Crippen MR) is 174 cm³/mol. The van der Waals surface area contributed by atoms with Crippen molar-refractivity contribution in [1.82, 2.24) is 14.1 Å². The van der Waals surface area contributed by atoms with Crippen LogP contribution in [0.3, 0.4) is 0 Å². The number of hydrogen-bond acceptors (Lipinski definition) is 1. The summed E-state index contributed by atoms with van der Waals surface area (Å²) in [6, 6.07) is 39.6. The molecule has 7 rings (SSSR count). The Morgan fingerprint density at radius 1 is 0.561 bits per heavy atom. The van der Waals surface area contributed by atoms with Gasteiger partial charge in [-0.3, -0.25) is 4.57 Å². The van der Waals surface area contributed by atoms with E-state index >= 15 is 0 Å². The summed E-state index contributed by atoms with van der Waals surface area (Å²) >= 11 is 0. The molecule has 2 aromatic heterocycles. The van der Waals surface area contributed by atoms with Crippen molar-refractivity contribution in [2.45, 2.75) is 46.5 Å². The maximum Gasteiger partial charge on any atom is 0.145 e. The molecule has 0 amide bonds. The summed E-state index contributed by atoms with van der Waals surface area (Å²) in [6.07, 6.45) is 0. The molecular weight excluding hydrogens is 498 g/mol. The van der Waals surface area contributed by atoms with Gasteiger partial charge in [-0.05, 0) is 84.5 Å². The Hall–Kier alpha value is -4.63. The van der Waals surface area contributed by atoms with Crippen molar-refractivity contribution < 1.29 is 0 Å². The fourth-order valence-corrected chi connectivity index (χ4v) is 6.35. The first-order valence-electron chi connectivity index (χ1n) is 14.6. The van der Waals surface area contributed by atoms with Crippen molar-refractivity contribution in [1.29, 1.82) is 0 Å². The van der Waals surface area contributed by atoms with Crippen molar-refractivity contribution in [2.75, 3.05) is 0 Å². The van der Waals surface area contributed by atoms with E-state index in [1.807, 2.05) is 0 Å².